The fourth-order valence-corrected chi connectivity index (χ4v) is 2.66. The Bertz CT molecular complexity index is 416. The quantitative estimate of drug-likeness (QED) is 0.773. The zero-order valence-electron chi connectivity index (χ0n) is 9.55. The smallest absolute Gasteiger partial charge is 0.137 e. The molecule has 1 aromatic rings. The molecule has 1 fully saturated rings. The van der Waals surface area contributed by atoms with E-state index in [0.717, 1.165) is 25.3 Å². The van der Waals surface area contributed by atoms with E-state index in [4.69, 9.17) is 16.3 Å². The molecule has 94 valence electrons. The standard InChI is InChI=1S/C12H14BrClFNO/c1-8-6-16(2-3-17-8)7-9-4-12(15)10(13)5-11(9)14/h4-5,8H,2-3,6-7H2,1H3. The van der Waals surface area contributed by atoms with Gasteiger partial charge in [0.05, 0.1) is 17.2 Å². The lowest BCUT2D eigenvalue weighted by Gasteiger charge is -2.31. The van der Waals surface area contributed by atoms with Crippen molar-refractivity contribution in [2.24, 2.45) is 0 Å². The second-order valence-corrected chi connectivity index (χ2v) is 5.54. The van der Waals surface area contributed by atoms with Crippen molar-refractivity contribution in [2.75, 3.05) is 19.7 Å². The average Bonchev–Trinajstić information content (AvgIpc) is 2.26. The number of morpholine rings is 1. The lowest BCUT2D eigenvalue weighted by molar-refractivity contribution is -0.0212. The van der Waals surface area contributed by atoms with Crippen LogP contribution in [0.3, 0.4) is 0 Å². The van der Waals surface area contributed by atoms with Crippen LogP contribution >= 0.6 is 27.5 Å². The minimum atomic E-state index is -0.272. The Balaban J connectivity index is 2.10. The molecule has 1 unspecified atom stereocenters. The predicted molar refractivity (Wildman–Crippen MR) is 69.8 cm³/mol. The van der Waals surface area contributed by atoms with Crippen molar-refractivity contribution in [2.45, 2.75) is 19.6 Å². The first-order chi connectivity index (χ1) is 8.06. The Morgan fingerprint density at radius 1 is 1.59 bits per heavy atom. The van der Waals surface area contributed by atoms with Gasteiger partial charge in [-0.05, 0) is 40.5 Å². The molecule has 0 bridgehead atoms. The van der Waals surface area contributed by atoms with E-state index in [9.17, 15) is 4.39 Å². The first kappa shape index (κ1) is 13.3. The summed E-state index contributed by atoms with van der Waals surface area (Å²) in [5.74, 6) is -0.272. The highest BCUT2D eigenvalue weighted by atomic mass is 79.9. The molecule has 1 aromatic carbocycles. The minimum absolute atomic E-state index is 0.225. The molecule has 0 aromatic heterocycles. The van der Waals surface area contributed by atoms with E-state index in [2.05, 4.69) is 20.8 Å². The van der Waals surface area contributed by atoms with Crippen molar-refractivity contribution >= 4 is 27.5 Å². The zero-order chi connectivity index (χ0) is 12.4. The van der Waals surface area contributed by atoms with Crippen LogP contribution in [0.4, 0.5) is 4.39 Å². The van der Waals surface area contributed by atoms with E-state index >= 15 is 0 Å². The van der Waals surface area contributed by atoms with E-state index in [1.807, 2.05) is 6.92 Å². The van der Waals surface area contributed by atoms with Crippen LogP contribution in [-0.2, 0) is 11.3 Å². The van der Waals surface area contributed by atoms with Crippen molar-refractivity contribution in [3.05, 3.63) is 33.0 Å². The van der Waals surface area contributed by atoms with Crippen molar-refractivity contribution in [1.82, 2.24) is 4.90 Å². The van der Waals surface area contributed by atoms with E-state index in [1.54, 1.807) is 6.07 Å². The molecular weight excluding hydrogens is 308 g/mol. The van der Waals surface area contributed by atoms with E-state index in [0.29, 0.717) is 16.0 Å². The van der Waals surface area contributed by atoms with Crippen LogP contribution in [0.25, 0.3) is 0 Å². The van der Waals surface area contributed by atoms with Crippen LogP contribution in [0.15, 0.2) is 16.6 Å². The van der Waals surface area contributed by atoms with Crippen molar-refractivity contribution in [1.29, 1.82) is 0 Å². The molecule has 0 spiro atoms. The zero-order valence-corrected chi connectivity index (χ0v) is 11.9. The highest BCUT2D eigenvalue weighted by Crippen LogP contribution is 2.26. The highest BCUT2D eigenvalue weighted by Gasteiger charge is 2.18. The van der Waals surface area contributed by atoms with Gasteiger partial charge in [0.25, 0.3) is 0 Å². The molecule has 1 aliphatic rings. The third-order valence-corrected chi connectivity index (χ3v) is 3.77. The Hall–Kier alpha value is -0.160. The Labute approximate surface area is 114 Å². The molecule has 17 heavy (non-hydrogen) atoms. The fraction of sp³-hybridized carbons (Fsp3) is 0.500. The van der Waals surface area contributed by atoms with Crippen LogP contribution in [0, 0.1) is 5.82 Å². The molecule has 0 radical (unpaired) electrons. The van der Waals surface area contributed by atoms with Gasteiger partial charge < -0.3 is 4.74 Å². The summed E-state index contributed by atoms with van der Waals surface area (Å²) in [6, 6.07) is 3.10. The van der Waals surface area contributed by atoms with Crippen LogP contribution in [0.2, 0.25) is 5.02 Å². The summed E-state index contributed by atoms with van der Waals surface area (Å²) in [5, 5.41) is 0.595. The number of rotatable bonds is 2. The maximum atomic E-state index is 13.4. The number of hydrogen-bond donors (Lipinski definition) is 0. The summed E-state index contributed by atoms with van der Waals surface area (Å²) >= 11 is 9.22. The summed E-state index contributed by atoms with van der Waals surface area (Å²) in [7, 11) is 0. The maximum Gasteiger partial charge on any atom is 0.137 e. The summed E-state index contributed by atoms with van der Waals surface area (Å²) in [6.07, 6.45) is 0.225. The Kier molecular flexibility index (Phi) is 4.42. The van der Waals surface area contributed by atoms with Crippen LogP contribution < -0.4 is 0 Å². The van der Waals surface area contributed by atoms with Gasteiger partial charge in [-0.1, -0.05) is 11.6 Å². The number of nitrogens with zero attached hydrogens (tertiary/aromatic N) is 1. The van der Waals surface area contributed by atoms with Gasteiger partial charge in [-0.25, -0.2) is 4.39 Å². The van der Waals surface area contributed by atoms with Gasteiger partial charge in [0.1, 0.15) is 5.82 Å². The molecule has 0 amide bonds. The number of ether oxygens (including phenoxy) is 1. The van der Waals surface area contributed by atoms with E-state index < -0.39 is 0 Å². The van der Waals surface area contributed by atoms with Crippen LogP contribution in [-0.4, -0.2) is 30.7 Å². The third kappa shape index (κ3) is 3.41. The van der Waals surface area contributed by atoms with Gasteiger partial charge in [0.15, 0.2) is 0 Å². The molecule has 0 saturated carbocycles. The summed E-state index contributed by atoms with van der Waals surface area (Å²) in [5.41, 5.74) is 0.821. The first-order valence-corrected chi connectivity index (χ1v) is 6.70. The van der Waals surface area contributed by atoms with Crippen molar-refractivity contribution < 1.29 is 9.13 Å². The second-order valence-electron chi connectivity index (χ2n) is 4.27. The van der Waals surface area contributed by atoms with Crippen LogP contribution in [0.5, 0.6) is 0 Å². The van der Waals surface area contributed by atoms with E-state index in [1.165, 1.54) is 6.07 Å². The molecule has 1 saturated heterocycles. The number of benzene rings is 1. The lowest BCUT2D eigenvalue weighted by atomic mass is 10.2. The largest absolute Gasteiger partial charge is 0.376 e. The maximum absolute atomic E-state index is 13.4. The lowest BCUT2D eigenvalue weighted by Crippen LogP contribution is -2.40. The molecule has 2 rings (SSSR count). The molecule has 2 nitrogen and oxygen atoms in total. The molecule has 1 atom stereocenters. The third-order valence-electron chi connectivity index (χ3n) is 2.81. The molecule has 0 aliphatic carbocycles. The average molecular weight is 323 g/mol. The predicted octanol–water partition coefficient (Wildman–Crippen LogP) is 3.46. The van der Waals surface area contributed by atoms with Gasteiger partial charge in [-0.15, -0.1) is 0 Å². The Morgan fingerprint density at radius 3 is 3.06 bits per heavy atom. The van der Waals surface area contributed by atoms with Gasteiger partial charge in [-0.2, -0.15) is 0 Å². The van der Waals surface area contributed by atoms with Crippen molar-refractivity contribution in [3.63, 3.8) is 0 Å². The molecule has 1 aliphatic heterocycles. The molecule has 1 heterocycles. The molecule has 5 heteroatoms. The normalized spacial score (nSPS) is 21.8. The SMILES string of the molecule is CC1CN(Cc2cc(F)c(Br)cc2Cl)CCO1. The first-order valence-electron chi connectivity index (χ1n) is 5.53. The molecular formula is C12H14BrClFNO. The summed E-state index contributed by atoms with van der Waals surface area (Å²) < 4.78 is 19.3. The minimum Gasteiger partial charge on any atom is -0.376 e. The number of hydrogen-bond acceptors (Lipinski definition) is 2. The van der Waals surface area contributed by atoms with Gasteiger partial charge in [0, 0.05) is 24.7 Å². The summed E-state index contributed by atoms with van der Waals surface area (Å²) in [6.45, 7) is 5.14. The highest BCUT2D eigenvalue weighted by molar-refractivity contribution is 9.10. The second kappa shape index (κ2) is 5.65. The van der Waals surface area contributed by atoms with Gasteiger partial charge in [-0.3, -0.25) is 4.90 Å². The van der Waals surface area contributed by atoms with Crippen LogP contribution in [0.1, 0.15) is 12.5 Å². The number of halogens is 3. The fourth-order valence-electron chi connectivity index (χ4n) is 1.96. The van der Waals surface area contributed by atoms with Gasteiger partial charge in [0.2, 0.25) is 0 Å². The van der Waals surface area contributed by atoms with Crippen molar-refractivity contribution in [3.8, 4) is 0 Å². The topological polar surface area (TPSA) is 12.5 Å². The van der Waals surface area contributed by atoms with Gasteiger partial charge >= 0.3 is 0 Å². The summed E-state index contributed by atoms with van der Waals surface area (Å²) in [4.78, 5) is 2.22. The molecule has 0 N–H and O–H groups in total. The monoisotopic (exact) mass is 321 g/mol. The Morgan fingerprint density at radius 2 is 2.35 bits per heavy atom. The van der Waals surface area contributed by atoms with E-state index in [-0.39, 0.29) is 11.9 Å².